The van der Waals surface area contributed by atoms with Crippen LogP contribution in [0.1, 0.15) is 39.5 Å². The number of rotatable bonds is 7. The lowest BCUT2D eigenvalue weighted by Gasteiger charge is -2.12. The first kappa shape index (κ1) is 12.9. The van der Waals surface area contributed by atoms with Gasteiger partial charge < -0.3 is 9.84 Å². The first-order valence-electron chi connectivity index (χ1n) is 5.00. The van der Waals surface area contributed by atoms with Crippen LogP contribution in [0.4, 0.5) is 0 Å². The van der Waals surface area contributed by atoms with E-state index in [4.69, 9.17) is 9.84 Å². The Bertz CT molecular complexity index is 189. The van der Waals surface area contributed by atoms with Gasteiger partial charge in [0.15, 0.2) is 0 Å². The van der Waals surface area contributed by atoms with Crippen LogP contribution in [0, 0.1) is 5.92 Å². The monoisotopic (exact) mass is 202 g/mol. The molecule has 0 heterocycles. The molecular weight excluding hydrogens is 184 g/mol. The van der Waals surface area contributed by atoms with Crippen LogP contribution in [0.5, 0.6) is 0 Å². The van der Waals surface area contributed by atoms with Crippen molar-refractivity contribution in [1.82, 2.24) is 0 Å². The van der Waals surface area contributed by atoms with E-state index in [-0.39, 0.29) is 18.3 Å². The molecule has 0 aromatic carbocycles. The number of carbonyl (C=O) groups is 2. The first-order valence-corrected chi connectivity index (χ1v) is 5.00. The molecule has 0 aliphatic carbocycles. The van der Waals surface area contributed by atoms with E-state index in [0.29, 0.717) is 25.9 Å². The third kappa shape index (κ3) is 5.56. The minimum Gasteiger partial charge on any atom is -0.481 e. The number of aliphatic carboxylic acids is 1. The molecule has 0 aliphatic heterocycles. The first-order chi connectivity index (χ1) is 6.61. The zero-order valence-electron chi connectivity index (χ0n) is 8.78. The Kier molecular flexibility index (Phi) is 6.80. The predicted molar refractivity (Wildman–Crippen MR) is 51.9 cm³/mol. The normalized spacial score (nSPS) is 12.1. The molecule has 1 atom stereocenters. The lowest BCUT2D eigenvalue weighted by atomic mass is 9.99. The Morgan fingerprint density at radius 3 is 2.43 bits per heavy atom. The fourth-order valence-corrected chi connectivity index (χ4v) is 1.25. The van der Waals surface area contributed by atoms with Gasteiger partial charge in [-0.25, -0.2) is 0 Å². The third-order valence-corrected chi connectivity index (χ3v) is 2.06. The molecule has 0 amide bonds. The maximum absolute atomic E-state index is 11.3. The van der Waals surface area contributed by atoms with Gasteiger partial charge in [0.1, 0.15) is 0 Å². The molecule has 0 aromatic rings. The summed E-state index contributed by atoms with van der Waals surface area (Å²) in [6.07, 6.45) is 1.96. The number of carboxylic acids is 1. The van der Waals surface area contributed by atoms with Gasteiger partial charge in [-0.15, -0.1) is 0 Å². The third-order valence-electron chi connectivity index (χ3n) is 2.06. The van der Waals surface area contributed by atoms with Gasteiger partial charge in [0.05, 0.1) is 12.5 Å². The maximum Gasteiger partial charge on any atom is 0.308 e. The van der Waals surface area contributed by atoms with Crippen molar-refractivity contribution < 1.29 is 19.4 Å². The Balaban J connectivity index is 3.78. The Labute approximate surface area is 84.3 Å². The highest BCUT2D eigenvalue weighted by atomic mass is 16.5. The van der Waals surface area contributed by atoms with Gasteiger partial charge >= 0.3 is 11.9 Å². The Morgan fingerprint density at radius 1 is 1.36 bits per heavy atom. The Morgan fingerprint density at radius 2 is 2.00 bits per heavy atom. The van der Waals surface area contributed by atoms with Gasteiger partial charge in [0.2, 0.25) is 0 Å². The summed E-state index contributed by atoms with van der Waals surface area (Å²) in [6, 6.07) is 0. The number of carboxylic acid groups (broad SMARTS) is 1. The lowest BCUT2D eigenvalue weighted by Crippen LogP contribution is -2.17. The molecule has 0 saturated carbocycles. The molecule has 82 valence electrons. The van der Waals surface area contributed by atoms with E-state index in [0.717, 1.165) is 0 Å². The molecule has 0 saturated heterocycles. The average Bonchev–Trinajstić information content (AvgIpc) is 2.12. The highest BCUT2D eigenvalue weighted by Crippen LogP contribution is 2.14. The van der Waals surface area contributed by atoms with Gasteiger partial charge in [0, 0.05) is 6.42 Å². The van der Waals surface area contributed by atoms with Gasteiger partial charge in [0.25, 0.3) is 0 Å². The smallest absolute Gasteiger partial charge is 0.308 e. The van der Waals surface area contributed by atoms with Gasteiger partial charge in [-0.05, 0) is 26.2 Å². The van der Waals surface area contributed by atoms with E-state index < -0.39 is 5.97 Å². The topological polar surface area (TPSA) is 63.6 Å². The van der Waals surface area contributed by atoms with E-state index in [2.05, 4.69) is 0 Å². The van der Waals surface area contributed by atoms with Crippen molar-refractivity contribution in [3.05, 3.63) is 0 Å². The summed E-state index contributed by atoms with van der Waals surface area (Å²) in [6.45, 7) is 4.05. The molecule has 0 radical (unpaired) electrons. The van der Waals surface area contributed by atoms with Crippen LogP contribution < -0.4 is 0 Å². The highest BCUT2D eigenvalue weighted by molar-refractivity contribution is 5.72. The molecule has 0 fully saturated rings. The molecular formula is C10H18O4. The molecule has 4 nitrogen and oxygen atoms in total. The summed E-state index contributed by atoms with van der Waals surface area (Å²) in [7, 11) is 0. The van der Waals surface area contributed by atoms with E-state index >= 15 is 0 Å². The standard InChI is InChI=1S/C10H18O4/c1-3-8(10(13)14-4-2)6-5-7-9(11)12/h8H,3-7H2,1-2H3,(H,11,12). The van der Waals surface area contributed by atoms with Crippen LogP contribution in [0.25, 0.3) is 0 Å². The molecule has 1 N–H and O–H groups in total. The van der Waals surface area contributed by atoms with Crippen molar-refractivity contribution in [2.24, 2.45) is 5.92 Å². The number of hydrogen-bond acceptors (Lipinski definition) is 3. The van der Waals surface area contributed by atoms with Crippen molar-refractivity contribution in [3.63, 3.8) is 0 Å². The zero-order chi connectivity index (χ0) is 11.0. The summed E-state index contributed by atoms with van der Waals surface area (Å²) in [5, 5.41) is 8.42. The van der Waals surface area contributed by atoms with Gasteiger partial charge in [-0.3, -0.25) is 9.59 Å². The van der Waals surface area contributed by atoms with E-state index in [1.54, 1.807) is 6.92 Å². The minimum absolute atomic E-state index is 0.121. The van der Waals surface area contributed by atoms with E-state index in [9.17, 15) is 9.59 Å². The maximum atomic E-state index is 11.3. The fraction of sp³-hybridized carbons (Fsp3) is 0.800. The summed E-state index contributed by atoms with van der Waals surface area (Å²) in [4.78, 5) is 21.5. The number of ether oxygens (including phenoxy) is 1. The van der Waals surface area contributed by atoms with Crippen LogP contribution in [0.3, 0.4) is 0 Å². The predicted octanol–water partition coefficient (Wildman–Crippen LogP) is 1.83. The van der Waals surface area contributed by atoms with Gasteiger partial charge in [-0.2, -0.15) is 0 Å². The van der Waals surface area contributed by atoms with Crippen LogP contribution >= 0.6 is 0 Å². The van der Waals surface area contributed by atoms with Crippen LogP contribution in [-0.2, 0) is 14.3 Å². The largest absolute Gasteiger partial charge is 0.481 e. The summed E-state index contributed by atoms with van der Waals surface area (Å²) < 4.78 is 4.87. The quantitative estimate of drug-likeness (QED) is 0.640. The van der Waals surface area contributed by atoms with Crippen molar-refractivity contribution in [2.45, 2.75) is 39.5 Å². The summed E-state index contributed by atoms with van der Waals surface area (Å²) in [5.74, 6) is -1.17. The zero-order valence-corrected chi connectivity index (χ0v) is 8.78. The Hall–Kier alpha value is -1.06. The molecule has 4 heteroatoms. The molecule has 1 unspecified atom stereocenters. The fourth-order valence-electron chi connectivity index (χ4n) is 1.25. The van der Waals surface area contributed by atoms with Crippen molar-refractivity contribution in [2.75, 3.05) is 6.61 Å². The van der Waals surface area contributed by atoms with Crippen LogP contribution in [0.2, 0.25) is 0 Å². The summed E-state index contributed by atoms with van der Waals surface area (Å²) >= 11 is 0. The van der Waals surface area contributed by atoms with E-state index in [1.165, 1.54) is 0 Å². The molecule has 0 spiro atoms. The summed E-state index contributed by atoms with van der Waals surface area (Å²) in [5.41, 5.74) is 0. The molecule has 0 aromatic heterocycles. The molecule has 0 bridgehead atoms. The van der Waals surface area contributed by atoms with Crippen LogP contribution in [-0.4, -0.2) is 23.7 Å². The highest BCUT2D eigenvalue weighted by Gasteiger charge is 2.17. The second-order valence-corrected chi connectivity index (χ2v) is 3.14. The van der Waals surface area contributed by atoms with Crippen molar-refractivity contribution >= 4 is 11.9 Å². The molecule has 0 rings (SSSR count). The number of carbonyl (C=O) groups excluding carboxylic acids is 1. The van der Waals surface area contributed by atoms with Crippen LogP contribution in [0.15, 0.2) is 0 Å². The lowest BCUT2D eigenvalue weighted by molar-refractivity contribution is -0.148. The molecule has 14 heavy (non-hydrogen) atoms. The average molecular weight is 202 g/mol. The van der Waals surface area contributed by atoms with Gasteiger partial charge in [-0.1, -0.05) is 6.92 Å². The van der Waals surface area contributed by atoms with Crippen molar-refractivity contribution in [1.29, 1.82) is 0 Å². The van der Waals surface area contributed by atoms with E-state index in [1.807, 2.05) is 6.92 Å². The number of hydrogen-bond donors (Lipinski definition) is 1. The SMILES string of the molecule is CCOC(=O)C(CC)CCCC(=O)O. The molecule has 0 aliphatic rings. The minimum atomic E-state index is -0.816. The second kappa shape index (κ2) is 7.35. The second-order valence-electron chi connectivity index (χ2n) is 3.14. The number of esters is 1. The van der Waals surface area contributed by atoms with Crippen molar-refractivity contribution in [3.8, 4) is 0 Å².